The molecule has 0 atom stereocenters. The van der Waals surface area contributed by atoms with Crippen LogP contribution in [0, 0.1) is 23.2 Å². The fourth-order valence-electron chi connectivity index (χ4n) is 4.58. The first-order valence-electron chi connectivity index (χ1n) is 11.0. The van der Waals surface area contributed by atoms with Crippen LogP contribution in [0.1, 0.15) is 25.0 Å². The van der Waals surface area contributed by atoms with Crippen LogP contribution in [-0.4, -0.2) is 35.7 Å². The summed E-state index contributed by atoms with van der Waals surface area (Å²) in [6, 6.07) is 15.8. The third-order valence-corrected chi connectivity index (χ3v) is 6.98. The highest BCUT2D eigenvalue weighted by molar-refractivity contribution is 6.32. The van der Waals surface area contributed by atoms with E-state index in [0.717, 1.165) is 5.56 Å². The molecule has 0 unspecified atom stereocenters. The molecule has 0 bridgehead atoms. The first-order valence-corrected chi connectivity index (χ1v) is 11.3. The van der Waals surface area contributed by atoms with E-state index in [9.17, 15) is 9.90 Å². The minimum atomic E-state index is -0.841. The van der Waals surface area contributed by atoms with Crippen LogP contribution in [0.5, 0.6) is 0 Å². The summed E-state index contributed by atoms with van der Waals surface area (Å²) in [7, 11) is 0. The number of carbonyl (C=O) groups excluding carboxylic acids is 1. The van der Waals surface area contributed by atoms with E-state index >= 15 is 4.39 Å². The average molecular weight is 477 g/mol. The monoisotopic (exact) mass is 476 g/mol. The quantitative estimate of drug-likeness (QED) is 0.547. The highest BCUT2D eigenvalue weighted by Gasteiger charge is 2.45. The predicted octanol–water partition coefficient (Wildman–Crippen LogP) is 4.80. The molecule has 2 aliphatic rings. The van der Waals surface area contributed by atoms with Crippen LogP contribution in [0.2, 0.25) is 5.02 Å². The molecule has 1 amide bonds. The van der Waals surface area contributed by atoms with Gasteiger partial charge in [0.1, 0.15) is 11.9 Å². The zero-order valence-electron chi connectivity index (χ0n) is 18.7. The molecule has 3 heterocycles. The van der Waals surface area contributed by atoms with Crippen molar-refractivity contribution >= 4 is 34.7 Å². The molecule has 0 saturated carbocycles. The Hall–Kier alpha value is -3.47. The van der Waals surface area contributed by atoms with Crippen molar-refractivity contribution in [3.63, 3.8) is 0 Å². The number of amides is 1. The maximum atomic E-state index is 15.0. The molecule has 1 aromatic heterocycles. The van der Waals surface area contributed by atoms with Crippen LogP contribution >= 0.6 is 11.6 Å². The zero-order chi connectivity index (χ0) is 24.2. The van der Waals surface area contributed by atoms with Crippen LogP contribution in [0.4, 0.5) is 21.6 Å². The standard InChI is InChI=1S/C26H22ClFN4O2/c1-26(2)20-9-16(19-6-8-23(30-24(19)28)31-12-15(13-31)14-33)4-7-22(20)32(25(26)34)18-5-3-17(11-29)21(27)10-18/h3-10,15,33H,12-14H2,1-2H3. The zero-order valence-corrected chi connectivity index (χ0v) is 19.5. The third kappa shape index (κ3) is 3.42. The van der Waals surface area contributed by atoms with E-state index in [1.807, 2.05) is 30.9 Å². The number of pyridine rings is 1. The number of carbonyl (C=O) groups is 1. The van der Waals surface area contributed by atoms with Crippen molar-refractivity contribution in [1.82, 2.24) is 4.98 Å². The molecule has 2 aliphatic heterocycles. The molecular formula is C26H22ClFN4O2. The van der Waals surface area contributed by atoms with Gasteiger partial charge < -0.3 is 10.0 Å². The summed E-state index contributed by atoms with van der Waals surface area (Å²) < 4.78 is 15.0. The minimum absolute atomic E-state index is 0.117. The van der Waals surface area contributed by atoms with Crippen molar-refractivity contribution in [2.75, 3.05) is 29.5 Å². The number of anilines is 3. The molecule has 3 aromatic rings. The van der Waals surface area contributed by atoms with Gasteiger partial charge in [-0.05, 0) is 67.4 Å². The molecule has 1 N–H and O–H groups in total. The third-order valence-electron chi connectivity index (χ3n) is 6.66. The normalized spacial score (nSPS) is 16.9. The number of halogens is 2. The number of benzene rings is 2. The largest absolute Gasteiger partial charge is 0.396 e. The summed E-state index contributed by atoms with van der Waals surface area (Å²) in [6.45, 7) is 5.11. The Morgan fingerprint density at radius 2 is 1.97 bits per heavy atom. The van der Waals surface area contributed by atoms with E-state index in [2.05, 4.69) is 4.98 Å². The Labute approximate surface area is 201 Å². The van der Waals surface area contributed by atoms with Crippen molar-refractivity contribution in [2.45, 2.75) is 19.3 Å². The Morgan fingerprint density at radius 3 is 2.62 bits per heavy atom. The molecule has 0 aliphatic carbocycles. The molecule has 1 saturated heterocycles. The lowest BCUT2D eigenvalue weighted by molar-refractivity contribution is -0.121. The Kier molecular flexibility index (Phi) is 5.31. The maximum Gasteiger partial charge on any atom is 0.241 e. The molecule has 2 aromatic carbocycles. The smallest absolute Gasteiger partial charge is 0.241 e. The SMILES string of the molecule is CC1(C)C(=O)N(c2ccc(C#N)c(Cl)c2)c2ccc(-c3ccc(N4CC(CO)C4)nc3F)cc21. The summed E-state index contributed by atoms with van der Waals surface area (Å²) in [5, 5.41) is 18.6. The molecule has 172 valence electrons. The molecule has 34 heavy (non-hydrogen) atoms. The molecular weight excluding hydrogens is 455 g/mol. The highest BCUT2D eigenvalue weighted by atomic mass is 35.5. The van der Waals surface area contributed by atoms with Gasteiger partial charge in [-0.3, -0.25) is 9.69 Å². The van der Waals surface area contributed by atoms with E-state index < -0.39 is 11.4 Å². The first-order chi connectivity index (χ1) is 16.2. The number of hydrogen-bond acceptors (Lipinski definition) is 5. The first kappa shape index (κ1) is 22.3. The Balaban J connectivity index is 1.51. The summed E-state index contributed by atoms with van der Waals surface area (Å²) >= 11 is 6.22. The summed E-state index contributed by atoms with van der Waals surface area (Å²) in [4.78, 5) is 21.0. The molecule has 0 spiro atoms. The molecule has 6 nitrogen and oxygen atoms in total. The van der Waals surface area contributed by atoms with E-state index in [4.69, 9.17) is 16.9 Å². The number of nitriles is 1. The minimum Gasteiger partial charge on any atom is -0.396 e. The maximum absolute atomic E-state index is 15.0. The average Bonchev–Trinajstić information content (AvgIpc) is 2.98. The lowest BCUT2D eigenvalue weighted by atomic mass is 9.85. The number of hydrogen-bond donors (Lipinski definition) is 1. The fourth-order valence-corrected chi connectivity index (χ4v) is 4.80. The predicted molar refractivity (Wildman–Crippen MR) is 129 cm³/mol. The van der Waals surface area contributed by atoms with Gasteiger partial charge in [0, 0.05) is 31.2 Å². The van der Waals surface area contributed by atoms with Crippen molar-refractivity contribution in [3.05, 3.63) is 70.6 Å². The highest BCUT2D eigenvalue weighted by Crippen LogP contribution is 2.47. The van der Waals surface area contributed by atoms with E-state index in [1.165, 1.54) is 0 Å². The molecule has 5 rings (SSSR count). The molecule has 8 heteroatoms. The molecule has 1 fully saturated rings. The number of fused-ring (bicyclic) bond motifs is 1. The Morgan fingerprint density at radius 1 is 1.21 bits per heavy atom. The van der Waals surface area contributed by atoms with Gasteiger partial charge in [-0.15, -0.1) is 0 Å². The summed E-state index contributed by atoms with van der Waals surface area (Å²) in [6.07, 6.45) is 0. The van der Waals surface area contributed by atoms with Gasteiger partial charge in [0.15, 0.2) is 0 Å². The number of aliphatic hydroxyl groups is 1. The Bertz CT molecular complexity index is 1360. The number of aliphatic hydroxyl groups excluding tert-OH is 1. The van der Waals surface area contributed by atoms with Gasteiger partial charge in [-0.2, -0.15) is 9.65 Å². The van der Waals surface area contributed by atoms with Crippen molar-refractivity contribution < 1.29 is 14.3 Å². The lowest BCUT2D eigenvalue weighted by Gasteiger charge is -2.39. The van der Waals surface area contributed by atoms with Crippen LogP contribution in [0.25, 0.3) is 11.1 Å². The lowest BCUT2D eigenvalue weighted by Crippen LogP contribution is -2.48. The van der Waals surface area contributed by atoms with Gasteiger partial charge >= 0.3 is 0 Å². The number of aromatic nitrogens is 1. The van der Waals surface area contributed by atoms with Gasteiger partial charge in [0.25, 0.3) is 0 Å². The van der Waals surface area contributed by atoms with Gasteiger partial charge in [-0.1, -0.05) is 17.7 Å². The van der Waals surface area contributed by atoms with Crippen LogP contribution in [0.3, 0.4) is 0 Å². The number of rotatable bonds is 4. The van der Waals surface area contributed by atoms with Crippen molar-refractivity contribution in [1.29, 1.82) is 5.26 Å². The van der Waals surface area contributed by atoms with Crippen molar-refractivity contribution in [3.8, 4) is 17.2 Å². The summed E-state index contributed by atoms with van der Waals surface area (Å²) in [5.41, 5.74) is 2.52. The number of nitrogens with zero attached hydrogens (tertiary/aromatic N) is 4. The second-order valence-corrected chi connectivity index (χ2v) is 9.64. The second kappa shape index (κ2) is 8.08. The van der Waals surface area contributed by atoms with Crippen molar-refractivity contribution in [2.24, 2.45) is 5.92 Å². The summed E-state index contributed by atoms with van der Waals surface area (Å²) in [5.74, 6) is 0.0368. The van der Waals surface area contributed by atoms with Gasteiger partial charge in [0.05, 0.1) is 27.4 Å². The molecule has 0 radical (unpaired) electrons. The van der Waals surface area contributed by atoms with Gasteiger partial charge in [-0.25, -0.2) is 4.98 Å². The van der Waals surface area contributed by atoms with Crippen LogP contribution < -0.4 is 9.80 Å². The van der Waals surface area contributed by atoms with Crippen LogP contribution in [-0.2, 0) is 10.2 Å². The fraction of sp³-hybridized carbons (Fsp3) is 0.269. The van der Waals surface area contributed by atoms with Crippen LogP contribution in [0.15, 0.2) is 48.5 Å². The second-order valence-electron chi connectivity index (χ2n) is 9.23. The topological polar surface area (TPSA) is 80.5 Å². The van der Waals surface area contributed by atoms with Gasteiger partial charge in [0.2, 0.25) is 11.9 Å². The van der Waals surface area contributed by atoms with E-state index in [0.29, 0.717) is 47.0 Å². The van der Waals surface area contributed by atoms with E-state index in [-0.39, 0.29) is 23.5 Å². The van der Waals surface area contributed by atoms with E-state index in [1.54, 1.807) is 47.4 Å².